The Morgan fingerprint density at radius 2 is 2.38 bits per heavy atom. The van der Waals surface area contributed by atoms with Crippen LogP contribution in [0.3, 0.4) is 0 Å². The maximum Gasteiger partial charge on any atom is 0.0977 e. The van der Waals surface area contributed by atoms with Crippen molar-refractivity contribution in [3.63, 3.8) is 0 Å². The Morgan fingerprint density at radius 1 is 1.54 bits per heavy atom. The van der Waals surface area contributed by atoms with Crippen LogP contribution in [0.25, 0.3) is 5.57 Å². The molecule has 2 rings (SSSR count). The summed E-state index contributed by atoms with van der Waals surface area (Å²) in [7, 11) is 0. The van der Waals surface area contributed by atoms with Gasteiger partial charge in [-0.15, -0.1) is 0 Å². The topological polar surface area (TPSA) is 39.2 Å². The fourth-order valence-corrected chi connectivity index (χ4v) is 1.98. The van der Waals surface area contributed by atoms with Gasteiger partial charge in [-0.05, 0) is 30.4 Å². The van der Waals surface area contributed by atoms with Crippen LogP contribution in [0.2, 0.25) is 0 Å². The van der Waals surface area contributed by atoms with Crippen molar-refractivity contribution in [2.45, 2.75) is 25.8 Å². The smallest absolute Gasteiger partial charge is 0.0977 e. The first kappa shape index (κ1) is 8.57. The van der Waals surface area contributed by atoms with Gasteiger partial charge in [0.25, 0.3) is 0 Å². The van der Waals surface area contributed by atoms with Crippen molar-refractivity contribution >= 4 is 5.57 Å². The lowest BCUT2D eigenvalue weighted by Gasteiger charge is -2.22. The Hall–Kier alpha value is -1.02. The standard InChI is InChI=1S/C11H15NO/c1-8-4-10(6-11(12)5-8)9-2-3-13-7-9/h2-3,6-8,11H,4-5,12H2,1H3. The number of nitrogens with two attached hydrogens (primary N) is 1. The van der Waals surface area contributed by atoms with E-state index < -0.39 is 0 Å². The molecule has 0 radical (unpaired) electrons. The van der Waals surface area contributed by atoms with Gasteiger partial charge < -0.3 is 10.2 Å². The molecule has 2 atom stereocenters. The summed E-state index contributed by atoms with van der Waals surface area (Å²) in [6.07, 6.45) is 7.87. The fourth-order valence-electron chi connectivity index (χ4n) is 1.98. The Balaban J connectivity index is 2.24. The molecule has 1 heterocycles. The summed E-state index contributed by atoms with van der Waals surface area (Å²) in [4.78, 5) is 0. The number of allylic oxidation sites excluding steroid dienone is 1. The highest BCUT2D eigenvalue weighted by Crippen LogP contribution is 2.30. The highest BCUT2D eigenvalue weighted by atomic mass is 16.3. The molecule has 0 saturated heterocycles. The second-order valence-electron chi connectivity index (χ2n) is 3.91. The normalized spacial score (nSPS) is 28.6. The summed E-state index contributed by atoms with van der Waals surface area (Å²) in [5.74, 6) is 0.685. The molecule has 2 nitrogen and oxygen atoms in total. The zero-order chi connectivity index (χ0) is 9.26. The lowest BCUT2D eigenvalue weighted by molar-refractivity contribution is 0.495. The molecule has 0 bridgehead atoms. The molecule has 0 amide bonds. The predicted octanol–water partition coefficient (Wildman–Crippen LogP) is 2.42. The zero-order valence-corrected chi connectivity index (χ0v) is 7.86. The number of hydrogen-bond acceptors (Lipinski definition) is 2. The van der Waals surface area contributed by atoms with Gasteiger partial charge in [-0.1, -0.05) is 13.0 Å². The molecule has 0 fully saturated rings. The Kier molecular flexibility index (Phi) is 2.23. The van der Waals surface area contributed by atoms with Gasteiger partial charge in [-0.25, -0.2) is 0 Å². The summed E-state index contributed by atoms with van der Waals surface area (Å²) in [6, 6.07) is 2.21. The molecule has 70 valence electrons. The molecule has 13 heavy (non-hydrogen) atoms. The van der Waals surface area contributed by atoms with E-state index in [9.17, 15) is 0 Å². The van der Waals surface area contributed by atoms with E-state index in [1.54, 1.807) is 12.5 Å². The molecule has 1 aromatic heterocycles. The minimum absolute atomic E-state index is 0.216. The van der Waals surface area contributed by atoms with Crippen LogP contribution in [0.15, 0.2) is 29.1 Å². The molecule has 0 spiro atoms. The molecular formula is C11H15NO. The van der Waals surface area contributed by atoms with Crippen molar-refractivity contribution in [2.24, 2.45) is 11.7 Å². The molecular weight excluding hydrogens is 162 g/mol. The molecule has 0 saturated carbocycles. The lowest BCUT2D eigenvalue weighted by Crippen LogP contribution is -2.24. The van der Waals surface area contributed by atoms with Gasteiger partial charge in [-0.2, -0.15) is 0 Å². The Bertz CT molecular complexity index is 300. The minimum atomic E-state index is 0.216. The van der Waals surface area contributed by atoms with E-state index in [-0.39, 0.29) is 6.04 Å². The lowest BCUT2D eigenvalue weighted by atomic mass is 9.85. The van der Waals surface area contributed by atoms with Crippen LogP contribution >= 0.6 is 0 Å². The average molecular weight is 177 g/mol. The second kappa shape index (κ2) is 3.38. The Morgan fingerprint density at radius 3 is 3.00 bits per heavy atom. The third kappa shape index (κ3) is 1.83. The molecule has 2 heteroatoms. The number of rotatable bonds is 1. The molecule has 2 unspecified atom stereocenters. The van der Waals surface area contributed by atoms with Crippen molar-refractivity contribution in [3.8, 4) is 0 Å². The Labute approximate surface area is 78.4 Å². The molecule has 2 N–H and O–H groups in total. The summed E-state index contributed by atoms with van der Waals surface area (Å²) >= 11 is 0. The summed E-state index contributed by atoms with van der Waals surface area (Å²) < 4.78 is 5.06. The van der Waals surface area contributed by atoms with E-state index >= 15 is 0 Å². The van der Waals surface area contributed by atoms with Gasteiger partial charge in [0.1, 0.15) is 0 Å². The third-order valence-corrected chi connectivity index (χ3v) is 2.55. The summed E-state index contributed by atoms with van der Waals surface area (Å²) in [5.41, 5.74) is 8.43. The second-order valence-corrected chi connectivity index (χ2v) is 3.91. The molecule has 1 aromatic rings. The van der Waals surface area contributed by atoms with E-state index in [1.165, 1.54) is 11.1 Å². The zero-order valence-electron chi connectivity index (χ0n) is 7.86. The number of furan rings is 1. The highest BCUT2D eigenvalue weighted by molar-refractivity contribution is 5.66. The molecule has 1 aliphatic carbocycles. The van der Waals surface area contributed by atoms with Crippen LogP contribution in [0.5, 0.6) is 0 Å². The van der Waals surface area contributed by atoms with Crippen molar-refractivity contribution < 1.29 is 4.42 Å². The van der Waals surface area contributed by atoms with Gasteiger partial charge in [0.05, 0.1) is 12.5 Å². The van der Waals surface area contributed by atoms with Gasteiger partial charge in [0.15, 0.2) is 0 Å². The summed E-state index contributed by atoms with van der Waals surface area (Å²) in [6.45, 7) is 2.24. The van der Waals surface area contributed by atoms with Crippen LogP contribution in [-0.2, 0) is 0 Å². The summed E-state index contributed by atoms with van der Waals surface area (Å²) in [5, 5.41) is 0. The molecule has 0 aromatic carbocycles. The van der Waals surface area contributed by atoms with Crippen LogP contribution < -0.4 is 5.73 Å². The van der Waals surface area contributed by atoms with Crippen molar-refractivity contribution in [2.75, 3.05) is 0 Å². The fraction of sp³-hybridized carbons (Fsp3) is 0.455. The highest BCUT2D eigenvalue weighted by Gasteiger charge is 2.17. The van der Waals surface area contributed by atoms with E-state index in [4.69, 9.17) is 10.2 Å². The van der Waals surface area contributed by atoms with Gasteiger partial charge >= 0.3 is 0 Å². The van der Waals surface area contributed by atoms with Crippen molar-refractivity contribution in [1.82, 2.24) is 0 Å². The van der Waals surface area contributed by atoms with E-state index in [2.05, 4.69) is 13.0 Å². The first-order chi connectivity index (χ1) is 6.25. The quantitative estimate of drug-likeness (QED) is 0.715. The van der Waals surface area contributed by atoms with E-state index in [1.807, 2.05) is 6.07 Å². The van der Waals surface area contributed by atoms with Crippen LogP contribution in [-0.4, -0.2) is 6.04 Å². The predicted molar refractivity (Wildman–Crippen MR) is 53.1 cm³/mol. The van der Waals surface area contributed by atoms with Gasteiger partial charge in [-0.3, -0.25) is 0 Å². The largest absolute Gasteiger partial charge is 0.472 e. The van der Waals surface area contributed by atoms with Crippen LogP contribution in [0, 0.1) is 5.92 Å². The van der Waals surface area contributed by atoms with Crippen LogP contribution in [0.4, 0.5) is 0 Å². The first-order valence-corrected chi connectivity index (χ1v) is 4.74. The first-order valence-electron chi connectivity index (χ1n) is 4.74. The third-order valence-electron chi connectivity index (χ3n) is 2.55. The van der Waals surface area contributed by atoms with Gasteiger partial charge in [0, 0.05) is 11.6 Å². The maximum atomic E-state index is 5.91. The monoisotopic (exact) mass is 177 g/mol. The SMILES string of the molecule is CC1CC(c2ccoc2)=CC(N)C1. The van der Waals surface area contributed by atoms with Crippen LogP contribution in [0.1, 0.15) is 25.3 Å². The maximum absolute atomic E-state index is 5.91. The van der Waals surface area contributed by atoms with E-state index in [0.717, 1.165) is 12.8 Å². The molecule has 1 aliphatic rings. The van der Waals surface area contributed by atoms with Crippen molar-refractivity contribution in [3.05, 3.63) is 30.2 Å². The van der Waals surface area contributed by atoms with Crippen molar-refractivity contribution in [1.29, 1.82) is 0 Å². The van der Waals surface area contributed by atoms with Gasteiger partial charge in [0.2, 0.25) is 0 Å². The average Bonchev–Trinajstić information content (AvgIpc) is 2.53. The minimum Gasteiger partial charge on any atom is -0.472 e. The van der Waals surface area contributed by atoms with E-state index in [0.29, 0.717) is 5.92 Å². The molecule has 0 aliphatic heterocycles. The number of hydrogen-bond donors (Lipinski definition) is 1.